The second kappa shape index (κ2) is 8.15. The molecule has 0 N–H and O–H groups in total. The molecule has 31 heavy (non-hydrogen) atoms. The van der Waals surface area contributed by atoms with Crippen LogP contribution in [0, 0.1) is 10.1 Å². The molecular formula is C21H18N4O5S. The van der Waals surface area contributed by atoms with Crippen molar-refractivity contribution in [3.05, 3.63) is 74.1 Å². The highest BCUT2D eigenvalue weighted by molar-refractivity contribution is 7.14. The predicted molar refractivity (Wildman–Crippen MR) is 117 cm³/mol. The fourth-order valence-electron chi connectivity index (χ4n) is 3.35. The molecule has 4 aromatic rings. The lowest BCUT2D eigenvalue weighted by atomic mass is 10.1. The van der Waals surface area contributed by atoms with Crippen LogP contribution in [0.25, 0.3) is 21.3 Å². The summed E-state index contributed by atoms with van der Waals surface area (Å²) in [6.07, 6.45) is 1.72. The maximum Gasteiger partial charge on any atom is 0.311 e. The van der Waals surface area contributed by atoms with Crippen LogP contribution in [0.4, 0.5) is 5.69 Å². The fourth-order valence-corrected chi connectivity index (χ4v) is 4.24. The lowest BCUT2D eigenvalue weighted by molar-refractivity contribution is -0.385. The van der Waals surface area contributed by atoms with E-state index in [1.165, 1.54) is 37.7 Å². The first-order chi connectivity index (χ1) is 14.9. The van der Waals surface area contributed by atoms with Gasteiger partial charge < -0.3 is 14.0 Å². The zero-order chi connectivity index (χ0) is 22.1. The standard InChI is InChI=1S/C21H18N4O5S/c1-12(24-10-9-13-5-4-6-17(30-3)18(13)21(24)26)19-22-23-20(31-19)14-7-8-16(29-2)15(11-14)25(27)28/h4-12H,1-3H3. The highest BCUT2D eigenvalue weighted by atomic mass is 32.1. The molecule has 9 nitrogen and oxygen atoms in total. The summed E-state index contributed by atoms with van der Waals surface area (Å²) < 4.78 is 12.0. The molecule has 0 aliphatic carbocycles. The topological polar surface area (TPSA) is 109 Å². The molecule has 2 aromatic heterocycles. The van der Waals surface area contributed by atoms with Crippen LogP contribution in [0.15, 0.2) is 53.5 Å². The van der Waals surface area contributed by atoms with E-state index in [-0.39, 0.29) is 23.0 Å². The van der Waals surface area contributed by atoms with Crippen LogP contribution in [0.1, 0.15) is 18.0 Å². The molecular weight excluding hydrogens is 420 g/mol. The summed E-state index contributed by atoms with van der Waals surface area (Å²) in [6.45, 7) is 1.85. The minimum absolute atomic E-state index is 0.150. The summed E-state index contributed by atoms with van der Waals surface area (Å²) >= 11 is 1.27. The van der Waals surface area contributed by atoms with E-state index in [1.54, 1.807) is 22.9 Å². The number of pyridine rings is 1. The SMILES string of the molecule is COc1ccc(-c2nnc(C(C)n3ccc4cccc(OC)c4c3=O)s2)cc1[N+](=O)[O-]. The van der Waals surface area contributed by atoms with E-state index in [0.29, 0.717) is 26.7 Å². The van der Waals surface area contributed by atoms with Gasteiger partial charge >= 0.3 is 5.69 Å². The lowest BCUT2D eigenvalue weighted by Crippen LogP contribution is -2.23. The molecule has 0 bridgehead atoms. The Morgan fingerprint density at radius 2 is 1.87 bits per heavy atom. The number of nitrogens with zero attached hydrogens (tertiary/aromatic N) is 4. The molecule has 0 fully saturated rings. The van der Waals surface area contributed by atoms with Crippen molar-refractivity contribution >= 4 is 27.8 Å². The van der Waals surface area contributed by atoms with Crippen molar-refractivity contribution in [2.24, 2.45) is 0 Å². The molecule has 1 unspecified atom stereocenters. The highest BCUT2D eigenvalue weighted by Crippen LogP contribution is 2.34. The van der Waals surface area contributed by atoms with Gasteiger partial charge in [0.15, 0.2) is 5.75 Å². The summed E-state index contributed by atoms with van der Waals surface area (Å²) in [5.74, 6) is 0.677. The second-order valence-corrected chi connectivity index (χ2v) is 7.73. The third-order valence-corrected chi connectivity index (χ3v) is 6.12. The van der Waals surface area contributed by atoms with Crippen molar-refractivity contribution in [2.75, 3.05) is 14.2 Å². The van der Waals surface area contributed by atoms with E-state index in [2.05, 4.69) is 10.2 Å². The highest BCUT2D eigenvalue weighted by Gasteiger charge is 2.21. The molecule has 0 radical (unpaired) electrons. The van der Waals surface area contributed by atoms with Crippen molar-refractivity contribution in [2.45, 2.75) is 13.0 Å². The number of hydrogen-bond acceptors (Lipinski definition) is 8. The summed E-state index contributed by atoms with van der Waals surface area (Å²) in [4.78, 5) is 23.9. The maximum absolute atomic E-state index is 13.1. The first kappa shape index (κ1) is 20.5. The Morgan fingerprint density at radius 3 is 2.58 bits per heavy atom. The van der Waals surface area contributed by atoms with Crippen molar-refractivity contribution < 1.29 is 14.4 Å². The van der Waals surface area contributed by atoms with E-state index < -0.39 is 4.92 Å². The molecule has 0 saturated heterocycles. The van der Waals surface area contributed by atoms with Gasteiger partial charge in [-0.15, -0.1) is 10.2 Å². The molecule has 0 amide bonds. The third-order valence-electron chi connectivity index (χ3n) is 4.98. The van der Waals surface area contributed by atoms with Crippen LogP contribution in [0.5, 0.6) is 11.5 Å². The molecule has 0 saturated carbocycles. The van der Waals surface area contributed by atoms with Gasteiger partial charge in [0.2, 0.25) is 0 Å². The van der Waals surface area contributed by atoms with Crippen LogP contribution in [-0.4, -0.2) is 33.9 Å². The van der Waals surface area contributed by atoms with Gasteiger partial charge in [0.05, 0.1) is 30.6 Å². The van der Waals surface area contributed by atoms with Gasteiger partial charge in [-0.1, -0.05) is 23.5 Å². The molecule has 4 rings (SSSR count). The molecule has 1 atom stereocenters. The Bertz CT molecular complexity index is 1350. The van der Waals surface area contributed by atoms with Crippen molar-refractivity contribution in [3.63, 3.8) is 0 Å². The Hall–Kier alpha value is -3.79. The molecule has 0 aliphatic heterocycles. The van der Waals surface area contributed by atoms with Crippen LogP contribution < -0.4 is 15.0 Å². The van der Waals surface area contributed by atoms with Crippen molar-refractivity contribution in [1.29, 1.82) is 0 Å². The summed E-state index contributed by atoms with van der Waals surface area (Å²) in [6, 6.07) is 11.5. The molecule has 0 aliphatic rings. The van der Waals surface area contributed by atoms with E-state index in [4.69, 9.17) is 9.47 Å². The van der Waals surface area contributed by atoms with Gasteiger partial charge in [0, 0.05) is 17.8 Å². The zero-order valence-electron chi connectivity index (χ0n) is 16.9. The first-order valence-electron chi connectivity index (χ1n) is 9.28. The van der Waals surface area contributed by atoms with Gasteiger partial charge in [-0.25, -0.2) is 0 Å². The second-order valence-electron chi connectivity index (χ2n) is 6.72. The van der Waals surface area contributed by atoms with E-state index in [0.717, 1.165) is 5.39 Å². The number of fused-ring (bicyclic) bond motifs is 1. The fraction of sp³-hybridized carbons (Fsp3) is 0.190. The first-order valence-corrected chi connectivity index (χ1v) is 10.1. The van der Waals surface area contributed by atoms with Crippen molar-refractivity contribution in [3.8, 4) is 22.1 Å². The summed E-state index contributed by atoms with van der Waals surface area (Å²) in [5, 5.41) is 22.1. The third kappa shape index (κ3) is 3.61. The maximum atomic E-state index is 13.1. The number of ether oxygens (including phenoxy) is 2. The van der Waals surface area contributed by atoms with Gasteiger partial charge in [-0.2, -0.15) is 0 Å². The monoisotopic (exact) mass is 438 g/mol. The number of nitro groups is 1. The minimum atomic E-state index is -0.505. The summed E-state index contributed by atoms with van der Waals surface area (Å²) in [7, 11) is 2.91. The number of nitro benzene ring substituents is 1. The van der Waals surface area contributed by atoms with Crippen LogP contribution in [0.2, 0.25) is 0 Å². The number of methoxy groups -OCH3 is 2. The van der Waals surface area contributed by atoms with Gasteiger partial charge in [0.25, 0.3) is 5.56 Å². The number of rotatable bonds is 6. The molecule has 10 heteroatoms. The Balaban J connectivity index is 1.74. The van der Waals surface area contributed by atoms with Gasteiger partial charge in [0.1, 0.15) is 15.8 Å². The largest absolute Gasteiger partial charge is 0.496 e. The normalized spacial score (nSPS) is 12.0. The number of hydrogen-bond donors (Lipinski definition) is 0. The lowest BCUT2D eigenvalue weighted by Gasteiger charge is -2.14. The Morgan fingerprint density at radius 1 is 1.10 bits per heavy atom. The summed E-state index contributed by atoms with van der Waals surface area (Å²) in [5.41, 5.74) is 0.206. The van der Waals surface area contributed by atoms with E-state index >= 15 is 0 Å². The zero-order valence-corrected chi connectivity index (χ0v) is 17.8. The quantitative estimate of drug-likeness (QED) is 0.330. The Labute approximate surface area is 180 Å². The molecule has 2 aromatic carbocycles. The van der Waals surface area contributed by atoms with Crippen LogP contribution >= 0.6 is 11.3 Å². The van der Waals surface area contributed by atoms with Crippen LogP contribution in [-0.2, 0) is 0 Å². The molecule has 2 heterocycles. The van der Waals surface area contributed by atoms with Gasteiger partial charge in [-0.05, 0) is 36.6 Å². The number of benzene rings is 2. The Kier molecular flexibility index (Phi) is 5.38. The minimum Gasteiger partial charge on any atom is -0.496 e. The van der Waals surface area contributed by atoms with Gasteiger partial charge in [-0.3, -0.25) is 14.9 Å². The molecule has 0 spiro atoms. The van der Waals surface area contributed by atoms with Crippen molar-refractivity contribution in [1.82, 2.24) is 14.8 Å². The number of aromatic nitrogens is 3. The van der Waals surface area contributed by atoms with E-state index in [1.807, 2.05) is 25.1 Å². The van der Waals surface area contributed by atoms with E-state index in [9.17, 15) is 14.9 Å². The average Bonchev–Trinajstić information content (AvgIpc) is 3.28. The van der Waals surface area contributed by atoms with Crippen LogP contribution in [0.3, 0.4) is 0 Å². The smallest absolute Gasteiger partial charge is 0.311 e. The average molecular weight is 438 g/mol. The predicted octanol–water partition coefficient (Wildman–Crippen LogP) is 4.05. The molecule has 158 valence electrons.